The highest BCUT2D eigenvalue weighted by Crippen LogP contribution is 2.30. The van der Waals surface area contributed by atoms with E-state index in [-0.39, 0.29) is 11.2 Å². The van der Waals surface area contributed by atoms with Gasteiger partial charge in [-0.15, -0.1) is 10.2 Å². The third-order valence-corrected chi connectivity index (χ3v) is 6.33. The van der Waals surface area contributed by atoms with Gasteiger partial charge in [0.25, 0.3) is 0 Å². The summed E-state index contributed by atoms with van der Waals surface area (Å²) in [5.41, 5.74) is 0.934. The molecule has 3 rings (SSSR count). The van der Waals surface area contributed by atoms with Crippen LogP contribution in [-0.2, 0) is 11.8 Å². The highest BCUT2D eigenvalue weighted by molar-refractivity contribution is 8.00. The second-order valence-electron chi connectivity index (χ2n) is 6.93. The van der Waals surface area contributed by atoms with Crippen LogP contribution < -0.4 is 0 Å². The second kappa shape index (κ2) is 8.29. The molecule has 0 spiro atoms. The van der Waals surface area contributed by atoms with E-state index in [0.717, 1.165) is 41.7 Å². The third kappa shape index (κ3) is 3.82. The van der Waals surface area contributed by atoms with Crippen LogP contribution in [0.3, 0.4) is 0 Å². The fraction of sp³-hybridized carbons (Fsp3) is 0.632. The Balaban J connectivity index is 1.71. The average Bonchev–Trinajstić information content (AvgIpc) is 3.22. The van der Waals surface area contributed by atoms with Crippen molar-refractivity contribution >= 4 is 17.7 Å². The zero-order valence-corrected chi connectivity index (χ0v) is 16.9. The fourth-order valence-corrected chi connectivity index (χ4v) is 4.58. The van der Waals surface area contributed by atoms with Gasteiger partial charge >= 0.3 is 0 Å². The molecule has 0 saturated heterocycles. The van der Waals surface area contributed by atoms with Gasteiger partial charge in [0.1, 0.15) is 5.76 Å². The van der Waals surface area contributed by atoms with Gasteiger partial charge in [-0.05, 0) is 39.7 Å². The van der Waals surface area contributed by atoms with E-state index in [1.165, 1.54) is 31.0 Å². The quantitative estimate of drug-likeness (QED) is 0.712. The van der Waals surface area contributed by atoms with Crippen LogP contribution in [0.2, 0.25) is 0 Å². The SMILES string of the molecule is CCN(C(=O)[C@H](C)Sc1nnc(-c2ccoc2C)n1C)C1CCCCC1. The lowest BCUT2D eigenvalue weighted by atomic mass is 9.94. The number of thioether (sulfide) groups is 1. The molecule has 0 bridgehead atoms. The molecule has 0 radical (unpaired) electrons. The molecule has 0 aliphatic heterocycles. The van der Waals surface area contributed by atoms with E-state index < -0.39 is 0 Å². The smallest absolute Gasteiger partial charge is 0.236 e. The standard InChI is InChI=1S/C19H28N4O2S/c1-5-23(15-9-7-6-8-10-15)18(24)14(3)26-19-21-20-17(22(19)4)16-11-12-25-13(16)2/h11-12,14-15H,5-10H2,1-4H3/t14-/m0/s1. The number of rotatable bonds is 6. The Morgan fingerprint density at radius 2 is 2.12 bits per heavy atom. The summed E-state index contributed by atoms with van der Waals surface area (Å²) < 4.78 is 7.30. The van der Waals surface area contributed by atoms with Gasteiger partial charge in [0.15, 0.2) is 11.0 Å². The minimum absolute atomic E-state index is 0.182. The number of carbonyl (C=O) groups excluding carboxylic acids is 1. The van der Waals surface area contributed by atoms with Crippen LogP contribution >= 0.6 is 11.8 Å². The van der Waals surface area contributed by atoms with Crippen molar-refractivity contribution < 1.29 is 9.21 Å². The van der Waals surface area contributed by atoms with Gasteiger partial charge in [-0.1, -0.05) is 31.0 Å². The van der Waals surface area contributed by atoms with E-state index in [1.54, 1.807) is 6.26 Å². The highest BCUT2D eigenvalue weighted by atomic mass is 32.2. The first kappa shape index (κ1) is 19.0. The molecule has 7 heteroatoms. The number of amides is 1. The molecule has 0 unspecified atom stereocenters. The van der Waals surface area contributed by atoms with Crippen LogP contribution in [0.4, 0.5) is 0 Å². The molecule has 1 fully saturated rings. The van der Waals surface area contributed by atoms with Crippen molar-refractivity contribution in [3.8, 4) is 11.4 Å². The Hall–Kier alpha value is -1.76. The number of hydrogen-bond donors (Lipinski definition) is 0. The van der Waals surface area contributed by atoms with Gasteiger partial charge in [0, 0.05) is 19.6 Å². The zero-order chi connectivity index (χ0) is 18.7. The van der Waals surface area contributed by atoms with Crippen molar-refractivity contribution in [1.29, 1.82) is 0 Å². The van der Waals surface area contributed by atoms with Crippen molar-refractivity contribution in [1.82, 2.24) is 19.7 Å². The maximum Gasteiger partial charge on any atom is 0.236 e. The van der Waals surface area contributed by atoms with Crippen LogP contribution in [0, 0.1) is 6.92 Å². The van der Waals surface area contributed by atoms with E-state index >= 15 is 0 Å². The predicted octanol–water partition coefficient (Wildman–Crippen LogP) is 4.05. The summed E-state index contributed by atoms with van der Waals surface area (Å²) in [5.74, 6) is 1.78. The van der Waals surface area contributed by atoms with Crippen LogP contribution in [-0.4, -0.2) is 43.4 Å². The number of hydrogen-bond acceptors (Lipinski definition) is 5. The average molecular weight is 377 g/mol. The van der Waals surface area contributed by atoms with E-state index in [4.69, 9.17) is 4.42 Å². The second-order valence-corrected chi connectivity index (χ2v) is 8.24. The molecule has 6 nitrogen and oxygen atoms in total. The number of carbonyl (C=O) groups is 1. The molecule has 26 heavy (non-hydrogen) atoms. The molecule has 0 N–H and O–H groups in total. The van der Waals surface area contributed by atoms with E-state index in [2.05, 4.69) is 22.0 Å². The summed E-state index contributed by atoms with van der Waals surface area (Å²) in [6, 6.07) is 2.29. The van der Waals surface area contributed by atoms with E-state index in [9.17, 15) is 4.79 Å². The van der Waals surface area contributed by atoms with Gasteiger partial charge < -0.3 is 13.9 Å². The molecule has 1 atom stereocenters. The molecule has 2 aromatic rings. The summed E-state index contributed by atoms with van der Waals surface area (Å²) in [7, 11) is 1.93. The van der Waals surface area contributed by atoms with Gasteiger partial charge in [0.2, 0.25) is 5.91 Å². The number of aromatic nitrogens is 3. The molecule has 142 valence electrons. The Kier molecular flexibility index (Phi) is 6.06. The topological polar surface area (TPSA) is 64.2 Å². The van der Waals surface area contributed by atoms with Crippen molar-refractivity contribution in [2.75, 3.05) is 6.54 Å². The number of nitrogens with zero attached hydrogens (tertiary/aromatic N) is 4. The van der Waals surface area contributed by atoms with E-state index in [1.807, 2.05) is 31.5 Å². The fourth-order valence-electron chi connectivity index (χ4n) is 3.70. The summed E-state index contributed by atoms with van der Waals surface area (Å²) in [6.07, 6.45) is 7.67. The largest absolute Gasteiger partial charge is 0.469 e. The van der Waals surface area contributed by atoms with Crippen molar-refractivity contribution in [3.63, 3.8) is 0 Å². The minimum Gasteiger partial charge on any atom is -0.469 e. The number of furan rings is 1. The summed E-state index contributed by atoms with van der Waals surface area (Å²) in [5, 5.41) is 9.16. The van der Waals surface area contributed by atoms with Crippen LogP contribution in [0.5, 0.6) is 0 Å². The van der Waals surface area contributed by atoms with Crippen molar-refractivity contribution in [2.45, 2.75) is 69.3 Å². The molecule has 2 aromatic heterocycles. The molecular formula is C19H28N4O2S. The van der Waals surface area contributed by atoms with Gasteiger partial charge in [-0.25, -0.2) is 0 Å². The highest BCUT2D eigenvalue weighted by Gasteiger charge is 2.29. The van der Waals surface area contributed by atoms with E-state index in [0.29, 0.717) is 6.04 Å². The first-order valence-corrected chi connectivity index (χ1v) is 10.3. The Bertz CT molecular complexity index is 749. The molecule has 1 aliphatic rings. The first-order valence-electron chi connectivity index (χ1n) is 9.44. The summed E-state index contributed by atoms with van der Waals surface area (Å²) in [4.78, 5) is 15.1. The molecule has 0 aromatic carbocycles. The normalized spacial score (nSPS) is 16.6. The predicted molar refractivity (Wildman–Crippen MR) is 103 cm³/mol. The van der Waals surface area contributed by atoms with Crippen LogP contribution in [0.25, 0.3) is 11.4 Å². The maximum atomic E-state index is 13.0. The maximum absolute atomic E-state index is 13.0. The lowest BCUT2D eigenvalue weighted by Gasteiger charge is -2.35. The number of aryl methyl sites for hydroxylation is 1. The summed E-state index contributed by atoms with van der Waals surface area (Å²) in [6.45, 7) is 6.72. The molecule has 2 heterocycles. The third-order valence-electron chi connectivity index (χ3n) is 5.20. The van der Waals surface area contributed by atoms with Crippen molar-refractivity contribution in [3.05, 3.63) is 18.1 Å². The van der Waals surface area contributed by atoms with Crippen LogP contribution in [0.1, 0.15) is 51.7 Å². The Morgan fingerprint density at radius 3 is 2.73 bits per heavy atom. The Labute approximate surface area is 159 Å². The Morgan fingerprint density at radius 1 is 1.38 bits per heavy atom. The zero-order valence-electron chi connectivity index (χ0n) is 16.1. The minimum atomic E-state index is -0.182. The van der Waals surface area contributed by atoms with Gasteiger partial charge in [-0.3, -0.25) is 4.79 Å². The first-order chi connectivity index (χ1) is 12.5. The molecular weight excluding hydrogens is 348 g/mol. The monoisotopic (exact) mass is 376 g/mol. The molecule has 1 amide bonds. The summed E-state index contributed by atoms with van der Waals surface area (Å²) >= 11 is 1.48. The molecule has 1 saturated carbocycles. The van der Waals surface area contributed by atoms with Gasteiger partial charge in [-0.2, -0.15) is 0 Å². The van der Waals surface area contributed by atoms with Crippen LogP contribution in [0.15, 0.2) is 21.9 Å². The van der Waals surface area contributed by atoms with Crippen molar-refractivity contribution in [2.24, 2.45) is 7.05 Å². The van der Waals surface area contributed by atoms with Gasteiger partial charge in [0.05, 0.1) is 17.1 Å². The lowest BCUT2D eigenvalue weighted by molar-refractivity contribution is -0.133. The molecule has 1 aliphatic carbocycles. The lowest BCUT2D eigenvalue weighted by Crippen LogP contribution is -2.44.